The summed E-state index contributed by atoms with van der Waals surface area (Å²) < 4.78 is 32.6. The number of nitro groups is 1. The number of sulfonamides is 1. The van der Waals surface area contributed by atoms with Crippen LogP contribution in [0.1, 0.15) is 18.4 Å². The first-order chi connectivity index (χ1) is 14.2. The highest BCUT2D eigenvalue weighted by molar-refractivity contribution is 7.92. The van der Waals surface area contributed by atoms with Gasteiger partial charge in [0.05, 0.1) is 22.1 Å². The van der Waals surface area contributed by atoms with Crippen LogP contribution in [-0.2, 0) is 16.6 Å². The molecule has 0 bridgehead atoms. The van der Waals surface area contributed by atoms with Gasteiger partial charge in [-0.3, -0.25) is 14.4 Å². The average Bonchev–Trinajstić information content (AvgIpc) is 3.13. The highest BCUT2D eigenvalue weighted by atomic mass is 32.2. The Morgan fingerprint density at radius 3 is 2.40 bits per heavy atom. The third kappa shape index (κ3) is 4.28. The van der Waals surface area contributed by atoms with Gasteiger partial charge in [-0.2, -0.15) is 0 Å². The number of para-hydroxylation sites is 1. The molecule has 0 amide bonds. The van der Waals surface area contributed by atoms with E-state index in [0.717, 1.165) is 6.07 Å². The second-order valence-electron chi connectivity index (χ2n) is 6.70. The number of nitrogens with zero attached hydrogens (tertiary/aromatic N) is 4. The molecular weight excluding hydrogens is 408 g/mol. The van der Waals surface area contributed by atoms with Crippen molar-refractivity contribution in [2.24, 2.45) is 0 Å². The van der Waals surface area contributed by atoms with E-state index in [2.05, 4.69) is 5.16 Å². The summed E-state index contributed by atoms with van der Waals surface area (Å²) in [7, 11) is -2.31. The molecule has 9 nitrogen and oxygen atoms in total. The summed E-state index contributed by atoms with van der Waals surface area (Å²) in [5, 5.41) is 15.6. The molecule has 0 saturated heterocycles. The average molecular weight is 430 g/mol. The fraction of sp³-hybridized carbons (Fsp3) is 0.250. The minimum atomic E-state index is -3.98. The van der Waals surface area contributed by atoms with E-state index in [0.29, 0.717) is 17.1 Å². The molecule has 0 aliphatic rings. The van der Waals surface area contributed by atoms with Crippen LogP contribution in [0, 0.1) is 17.0 Å². The molecule has 158 valence electrons. The van der Waals surface area contributed by atoms with E-state index in [9.17, 15) is 18.5 Å². The molecule has 0 unspecified atom stereocenters. The van der Waals surface area contributed by atoms with Gasteiger partial charge < -0.3 is 9.42 Å². The molecular formula is C20H22N4O5S. The highest BCUT2D eigenvalue weighted by Crippen LogP contribution is 2.33. The van der Waals surface area contributed by atoms with E-state index in [1.807, 2.05) is 0 Å². The molecule has 2 aromatic carbocycles. The van der Waals surface area contributed by atoms with Crippen molar-refractivity contribution in [2.75, 3.05) is 22.8 Å². The Morgan fingerprint density at radius 1 is 1.13 bits per heavy atom. The van der Waals surface area contributed by atoms with Gasteiger partial charge in [0.2, 0.25) is 0 Å². The first kappa shape index (κ1) is 21.3. The normalized spacial score (nSPS) is 11.3. The van der Waals surface area contributed by atoms with Gasteiger partial charge in [-0.15, -0.1) is 0 Å². The zero-order chi connectivity index (χ0) is 21.9. The third-order valence-electron chi connectivity index (χ3n) is 4.55. The Hall–Kier alpha value is -3.40. The number of benzene rings is 2. The van der Waals surface area contributed by atoms with Gasteiger partial charge in [0.15, 0.2) is 0 Å². The van der Waals surface area contributed by atoms with Crippen molar-refractivity contribution in [3.8, 4) is 0 Å². The molecule has 10 heteroatoms. The fourth-order valence-corrected chi connectivity index (χ4v) is 4.66. The Balaban J connectivity index is 1.98. The van der Waals surface area contributed by atoms with Crippen LogP contribution >= 0.6 is 0 Å². The summed E-state index contributed by atoms with van der Waals surface area (Å²) in [6.45, 7) is 3.93. The fourth-order valence-electron chi connectivity index (χ4n) is 3.17. The maximum atomic E-state index is 13.2. The predicted octanol–water partition coefficient (Wildman–Crippen LogP) is 3.74. The maximum Gasteiger partial charge on any atom is 0.293 e. The van der Waals surface area contributed by atoms with Crippen LogP contribution in [0.2, 0.25) is 0 Å². The minimum Gasteiger partial charge on any atom is -0.363 e. The number of hydrogen-bond donors (Lipinski definition) is 0. The second kappa shape index (κ2) is 8.54. The SMILES string of the molecule is CCN(c1ccccc1)S(=O)(=O)c1ccc(N(C)Cc2cc(C)on2)c([N+](=O)[O-])c1. The highest BCUT2D eigenvalue weighted by Gasteiger charge is 2.28. The molecule has 0 saturated carbocycles. The zero-order valence-corrected chi connectivity index (χ0v) is 17.7. The summed E-state index contributed by atoms with van der Waals surface area (Å²) in [6.07, 6.45) is 0. The van der Waals surface area contributed by atoms with Crippen LogP contribution in [0.5, 0.6) is 0 Å². The standard InChI is InChI=1S/C20H22N4O5S/c1-4-23(17-8-6-5-7-9-17)30(27,28)18-10-11-19(20(13-18)24(25)26)22(3)14-16-12-15(2)29-21-16/h5-13H,4,14H2,1-3H3. The van der Waals surface area contributed by atoms with E-state index in [4.69, 9.17) is 4.52 Å². The smallest absolute Gasteiger partial charge is 0.293 e. The molecule has 0 atom stereocenters. The molecule has 0 aliphatic heterocycles. The van der Waals surface area contributed by atoms with Gasteiger partial charge in [-0.25, -0.2) is 8.42 Å². The van der Waals surface area contributed by atoms with E-state index < -0.39 is 14.9 Å². The van der Waals surface area contributed by atoms with Crippen LogP contribution in [-0.4, -0.2) is 32.1 Å². The molecule has 0 N–H and O–H groups in total. The molecule has 30 heavy (non-hydrogen) atoms. The summed E-state index contributed by atoms with van der Waals surface area (Å²) >= 11 is 0. The van der Waals surface area contributed by atoms with Gasteiger partial charge in [0.1, 0.15) is 17.1 Å². The number of hydrogen-bond acceptors (Lipinski definition) is 7. The van der Waals surface area contributed by atoms with Crippen molar-refractivity contribution in [1.29, 1.82) is 0 Å². The summed E-state index contributed by atoms with van der Waals surface area (Å²) in [5.41, 5.74) is 1.08. The van der Waals surface area contributed by atoms with E-state index >= 15 is 0 Å². The van der Waals surface area contributed by atoms with Crippen molar-refractivity contribution in [3.63, 3.8) is 0 Å². The van der Waals surface area contributed by atoms with Gasteiger partial charge in [0, 0.05) is 25.7 Å². The number of aryl methyl sites for hydroxylation is 1. The molecule has 1 heterocycles. The topological polar surface area (TPSA) is 110 Å². The summed E-state index contributed by atoms with van der Waals surface area (Å²) in [6, 6.07) is 14.3. The van der Waals surface area contributed by atoms with Crippen molar-refractivity contribution in [3.05, 3.63) is 76.2 Å². The molecule has 3 aromatic rings. The predicted molar refractivity (Wildman–Crippen MR) is 113 cm³/mol. The number of aromatic nitrogens is 1. The van der Waals surface area contributed by atoms with Crippen LogP contribution in [0.4, 0.5) is 17.1 Å². The van der Waals surface area contributed by atoms with Crippen molar-refractivity contribution in [2.45, 2.75) is 25.3 Å². The second-order valence-corrected chi connectivity index (χ2v) is 8.56. The first-order valence-electron chi connectivity index (χ1n) is 9.23. The number of rotatable bonds is 8. The van der Waals surface area contributed by atoms with Crippen molar-refractivity contribution < 1.29 is 17.9 Å². The summed E-state index contributed by atoms with van der Waals surface area (Å²) in [5.74, 6) is 0.634. The van der Waals surface area contributed by atoms with E-state index in [1.54, 1.807) is 62.2 Å². The lowest BCUT2D eigenvalue weighted by Crippen LogP contribution is -2.30. The van der Waals surface area contributed by atoms with Gasteiger partial charge in [0.25, 0.3) is 15.7 Å². The first-order valence-corrected chi connectivity index (χ1v) is 10.7. The maximum absolute atomic E-state index is 13.2. The van der Waals surface area contributed by atoms with Gasteiger partial charge in [-0.05, 0) is 38.1 Å². The Labute approximate surface area is 174 Å². The van der Waals surface area contributed by atoms with Crippen molar-refractivity contribution >= 4 is 27.1 Å². The lowest BCUT2D eigenvalue weighted by Gasteiger charge is -2.23. The molecule has 0 fully saturated rings. The molecule has 3 rings (SSSR count). The lowest BCUT2D eigenvalue weighted by molar-refractivity contribution is -0.384. The van der Waals surface area contributed by atoms with Crippen LogP contribution in [0.15, 0.2) is 64.0 Å². The molecule has 0 radical (unpaired) electrons. The van der Waals surface area contributed by atoms with Crippen LogP contribution in [0.25, 0.3) is 0 Å². The minimum absolute atomic E-state index is 0.144. The van der Waals surface area contributed by atoms with Crippen molar-refractivity contribution in [1.82, 2.24) is 5.16 Å². The van der Waals surface area contributed by atoms with Gasteiger partial charge in [-0.1, -0.05) is 23.4 Å². The Bertz CT molecular complexity index is 1150. The van der Waals surface area contributed by atoms with E-state index in [-0.39, 0.29) is 29.4 Å². The summed E-state index contributed by atoms with van der Waals surface area (Å²) in [4.78, 5) is 12.6. The zero-order valence-electron chi connectivity index (χ0n) is 16.8. The largest absolute Gasteiger partial charge is 0.363 e. The Kier molecular flexibility index (Phi) is 6.06. The number of anilines is 2. The Morgan fingerprint density at radius 2 is 1.83 bits per heavy atom. The van der Waals surface area contributed by atoms with Gasteiger partial charge >= 0.3 is 0 Å². The molecule has 1 aromatic heterocycles. The lowest BCUT2D eigenvalue weighted by atomic mass is 10.2. The quantitative estimate of drug-likeness (QED) is 0.395. The van der Waals surface area contributed by atoms with Crippen LogP contribution < -0.4 is 9.21 Å². The van der Waals surface area contributed by atoms with Crippen LogP contribution in [0.3, 0.4) is 0 Å². The molecule has 0 aliphatic carbocycles. The monoisotopic (exact) mass is 430 g/mol. The number of nitro benzene ring substituents is 1. The third-order valence-corrected chi connectivity index (χ3v) is 6.45. The molecule has 0 spiro atoms. The van der Waals surface area contributed by atoms with E-state index in [1.165, 1.54) is 16.4 Å².